The average molecular weight is 360 g/mol. The number of nitro benzene ring substituents is 1. The molecule has 26 heavy (non-hydrogen) atoms. The van der Waals surface area contributed by atoms with Crippen molar-refractivity contribution in [1.82, 2.24) is 0 Å². The van der Waals surface area contributed by atoms with E-state index in [0.717, 1.165) is 0 Å². The molecule has 1 N–H and O–H groups in total. The number of anilines is 1. The van der Waals surface area contributed by atoms with Crippen molar-refractivity contribution in [2.24, 2.45) is 0 Å². The number of aryl methyl sites for hydroxylation is 1. The van der Waals surface area contributed by atoms with Gasteiger partial charge in [0.1, 0.15) is 11.5 Å². The van der Waals surface area contributed by atoms with Gasteiger partial charge >= 0.3 is 5.97 Å². The van der Waals surface area contributed by atoms with E-state index in [1.165, 1.54) is 37.3 Å². The van der Waals surface area contributed by atoms with E-state index in [2.05, 4.69) is 5.32 Å². The van der Waals surface area contributed by atoms with Gasteiger partial charge in [-0.3, -0.25) is 19.7 Å². The van der Waals surface area contributed by atoms with Crippen molar-refractivity contribution < 1.29 is 23.6 Å². The molecule has 2 rings (SSSR count). The number of hydrogen-bond donors (Lipinski definition) is 1. The summed E-state index contributed by atoms with van der Waals surface area (Å²) in [6, 6.07) is 11.7. The third-order valence-electron chi connectivity index (χ3n) is 3.59. The highest BCUT2D eigenvalue weighted by molar-refractivity contribution is 5.96. The van der Waals surface area contributed by atoms with E-state index in [0.29, 0.717) is 5.56 Å². The van der Waals surface area contributed by atoms with Crippen molar-refractivity contribution in [3.63, 3.8) is 0 Å². The number of benzene rings is 2. The number of hydrogen-bond acceptors (Lipinski definition) is 5. The molecule has 0 saturated carbocycles. The maximum absolute atomic E-state index is 13.5. The normalized spacial score (nSPS) is 11.5. The predicted molar refractivity (Wildman–Crippen MR) is 92.0 cm³/mol. The molecule has 0 bridgehead atoms. The first kappa shape index (κ1) is 19.0. The molecular formula is C18H17FN2O5. The van der Waals surface area contributed by atoms with Crippen LogP contribution < -0.4 is 5.32 Å². The zero-order chi connectivity index (χ0) is 19.1. The summed E-state index contributed by atoms with van der Waals surface area (Å²) >= 11 is 0. The number of nitro groups is 1. The van der Waals surface area contributed by atoms with Crippen molar-refractivity contribution in [2.75, 3.05) is 5.32 Å². The second kappa shape index (κ2) is 8.70. The number of esters is 1. The van der Waals surface area contributed by atoms with Gasteiger partial charge in [-0.25, -0.2) is 4.39 Å². The first-order valence-corrected chi connectivity index (χ1v) is 7.85. The van der Waals surface area contributed by atoms with Gasteiger partial charge in [0.25, 0.3) is 11.6 Å². The van der Waals surface area contributed by atoms with Crippen LogP contribution >= 0.6 is 0 Å². The molecule has 0 fully saturated rings. The highest BCUT2D eigenvalue weighted by atomic mass is 19.1. The van der Waals surface area contributed by atoms with Gasteiger partial charge in [-0.15, -0.1) is 0 Å². The van der Waals surface area contributed by atoms with Crippen LogP contribution in [0.4, 0.5) is 15.8 Å². The quantitative estimate of drug-likeness (QED) is 0.464. The fraction of sp³-hybridized carbons (Fsp3) is 0.222. The molecule has 0 saturated heterocycles. The topological polar surface area (TPSA) is 98.5 Å². The van der Waals surface area contributed by atoms with E-state index >= 15 is 0 Å². The Morgan fingerprint density at radius 1 is 1.19 bits per heavy atom. The van der Waals surface area contributed by atoms with Crippen LogP contribution in [0.3, 0.4) is 0 Å². The van der Waals surface area contributed by atoms with Crippen LogP contribution in [-0.4, -0.2) is 22.9 Å². The zero-order valence-electron chi connectivity index (χ0n) is 14.0. The van der Waals surface area contributed by atoms with Crippen molar-refractivity contribution >= 4 is 23.3 Å². The van der Waals surface area contributed by atoms with Crippen LogP contribution in [0, 0.1) is 15.9 Å². The first-order valence-electron chi connectivity index (χ1n) is 7.85. The minimum Gasteiger partial charge on any atom is -0.453 e. The maximum Gasteiger partial charge on any atom is 0.306 e. The number of nitrogens with one attached hydrogen (secondary N) is 1. The molecular weight excluding hydrogens is 343 g/mol. The lowest BCUT2D eigenvalue weighted by Gasteiger charge is -2.13. The monoisotopic (exact) mass is 360 g/mol. The molecule has 0 aliphatic rings. The van der Waals surface area contributed by atoms with Crippen molar-refractivity contribution in [2.45, 2.75) is 25.9 Å². The summed E-state index contributed by atoms with van der Waals surface area (Å²) in [6.07, 6.45) is -1.10. The van der Waals surface area contributed by atoms with Crippen molar-refractivity contribution in [3.05, 3.63) is 70.0 Å². The summed E-state index contributed by atoms with van der Waals surface area (Å²) in [5.41, 5.74) is 0.122. The van der Waals surface area contributed by atoms with E-state index in [1.807, 2.05) is 0 Å². The van der Waals surface area contributed by atoms with Crippen molar-refractivity contribution in [3.8, 4) is 0 Å². The Balaban J connectivity index is 1.90. The lowest BCUT2D eigenvalue weighted by molar-refractivity contribution is -0.383. The molecule has 2 aromatic carbocycles. The molecule has 2 aromatic rings. The molecule has 0 aliphatic heterocycles. The molecule has 1 atom stereocenters. The van der Waals surface area contributed by atoms with E-state index in [1.54, 1.807) is 18.2 Å². The Morgan fingerprint density at radius 3 is 2.54 bits per heavy atom. The SMILES string of the molecule is CC(OC(=O)CCc1ccccc1F)C(=O)Nc1ccccc1[N+](=O)[O-]. The largest absolute Gasteiger partial charge is 0.453 e. The van der Waals surface area contributed by atoms with Gasteiger partial charge in [-0.1, -0.05) is 30.3 Å². The molecule has 1 amide bonds. The van der Waals surface area contributed by atoms with E-state index in [9.17, 15) is 24.1 Å². The molecule has 1 unspecified atom stereocenters. The number of carbonyl (C=O) groups is 2. The summed E-state index contributed by atoms with van der Waals surface area (Å²) in [5.74, 6) is -1.78. The van der Waals surface area contributed by atoms with Gasteiger partial charge in [0.05, 0.1) is 4.92 Å². The lowest BCUT2D eigenvalue weighted by atomic mass is 10.1. The zero-order valence-corrected chi connectivity index (χ0v) is 14.0. The Kier molecular flexibility index (Phi) is 6.37. The van der Waals surface area contributed by atoms with Gasteiger partial charge in [-0.05, 0) is 31.0 Å². The number of carbonyl (C=O) groups excluding carboxylic acids is 2. The fourth-order valence-electron chi connectivity index (χ4n) is 2.22. The third-order valence-corrected chi connectivity index (χ3v) is 3.59. The standard InChI is InChI=1S/C18H17FN2O5/c1-12(18(23)20-15-8-4-5-9-16(15)21(24)25)26-17(22)11-10-13-6-2-3-7-14(13)19/h2-9,12H,10-11H2,1H3,(H,20,23). The maximum atomic E-state index is 13.5. The molecule has 8 heteroatoms. The van der Waals surface area contributed by atoms with E-state index in [-0.39, 0.29) is 24.2 Å². The number of ether oxygens (including phenoxy) is 1. The minimum atomic E-state index is -1.15. The Morgan fingerprint density at radius 2 is 1.85 bits per heavy atom. The number of amides is 1. The van der Waals surface area contributed by atoms with Crippen molar-refractivity contribution in [1.29, 1.82) is 0 Å². The van der Waals surface area contributed by atoms with Crippen LogP contribution in [0.1, 0.15) is 18.9 Å². The Bertz CT molecular complexity index is 825. The number of rotatable bonds is 7. The molecule has 0 aromatic heterocycles. The van der Waals surface area contributed by atoms with Crippen LogP contribution in [0.5, 0.6) is 0 Å². The smallest absolute Gasteiger partial charge is 0.306 e. The molecule has 7 nitrogen and oxygen atoms in total. The van der Waals surface area contributed by atoms with Gasteiger partial charge in [0.15, 0.2) is 6.10 Å². The number of halogens is 1. The summed E-state index contributed by atoms with van der Waals surface area (Å²) in [7, 11) is 0. The molecule has 0 aliphatic carbocycles. The highest BCUT2D eigenvalue weighted by Gasteiger charge is 2.21. The summed E-state index contributed by atoms with van der Waals surface area (Å²) in [5, 5.41) is 13.3. The van der Waals surface area contributed by atoms with Crippen LogP contribution in [-0.2, 0) is 20.7 Å². The Hall–Kier alpha value is -3.29. The molecule has 0 spiro atoms. The lowest BCUT2D eigenvalue weighted by Crippen LogP contribution is -2.30. The van der Waals surface area contributed by atoms with E-state index in [4.69, 9.17) is 4.74 Å². The van der Waals surface area contributed by atoms with E-state index < -0.39 is 28.7 Å². The summed E-state index contributed by atoms with van der Waals surface area (Å²) in [6.45, 7) is 1.35. The van der Waals surface area contributed by atoms with Gasteiger partial charge < -0.3 is 10.1 Å². The third kappa shape index (κ3) is 5.10. The average Bonchev–Trinajstić information content (AvgIpc) is 2.61. The Labute approximate surface area is 148 Å². The van der Waals surface area contributed by atoms with Gasteiger partial charge in [0.2, 0.25) is 0 Å². The molecule has 0 radical (unpaired) electrons. The van der Waals surface area contributed by atoms with Gasteiger partial charge in [0, 0.05) is 12.5 Å². The molecule has 136 valence electrons. The van der Waals surface area contributed by atoms with Crippen LogP contribution in [0.2, 0.25) is 0 Å². The minimum absolute atomic E-state index is 0.0109. The van der Waals surface area contributed by atoms with Crippen LogP contribution in [0.25, 0.3) is 0 Å². The highest BCUT2D eigenvalue weighted by Crippen LogP contribution is 2.23. The molecule has 0 heterocycles. The summed E-state index contributed by atoms with van der Waals surface area (Å²) < 4.78 is 18.5. The fourth-order valence-corrected chi connectivity index (χ4v) is 2.22. The second-order valence-electron chi connectivity index (χ2n) is 5.49. The van der Waals surface area contributed by atoms with Gasteiger partial charge in [-0.2, -0.15) is 0 Å². The predicted octanol–water partition coefficient (Wildman–Crippen LogP) is 3.24. The second-order valence-corrected chi connectivity index (χ2v) is 5.49. The first-order chi connectivity index (χ1) is 12.4. The summed E-state index contributed by atoms with van der Waals surface area (Å²) in [4.78, 5) is 34.2. The number of nitrogens with zero attached hydrogens (tertiary/aromatic N) is 1. The van der Waals surface area contributed by atoms with Crippen LogP contribution in [0.15, 0.2) is 48.5 Å². The number of para-hydroxylation sites is 2.